The summed E-state index contributed by atoms with van der Waals surface area (Å²) in [5, 5.41) is 0. The first kappa shape index (κ1) is 16.7. The van der Waals surface area contributed by atoms with Gasteiger partial charge in [0.1, 0.15) is 6.54 Å². The lowest BCUT2D eigenvalue weighted by Gasteiger charge is -2.18. The highest BCUT2D eigenvalue weighted by molar-refractivity contribution is 7.89. The van der Waals surface area contributed by atoms with Crippen LogP contribution in [0.15, 0.2) is 4.90 Å². The smallest absolute Gasteiger partial charge is 0.320 e. The molecule has 0 unspecified atom stereocenters. The van der Waals surface area contributed by atoms with E-state index in [4.69, 9.17) is 0 Å². The lowest BCUT2D eigenvalue weighted by molar-refractivity contribution is -0.139. The van der Waals surface area contributed by atoms with E-state index in [9.17, 15) is 13.2 Å². The number of carbonyl (C=O) groups is 1. The zero-order chi connectivity index (χ0) is 15.7. The molecule has 0 amide bonds. The molecule has 6 heteroatoms. The molecule has 112 valence electrons. The molecule has 0 saturated heterocycles. The Kier molecular flexibility index (Phi) is 4.94. The summed E-state index contributed by atoms with van der Waals surface area (Å²) in [5.74, 6) is -0.621. The van der Waals surface area contributed by atoms with Crippen LogP contribution in [-0.2, 0) is 19.6 Å². The summed E-state index contributed by atoms with van der Waals surface area (Å²) in [6.45, 7) is 8.96. The number of hydrogen-bond donors (Lipinski definition) is 1. The molecule has 0 saturated carbocycles. The predicted octanol–water partition coefficient (Wildman–Crippen LogP) is 1.68. The fourth-order valence-corrected chi connectivity index (χ4v) is 3.73. The van der Waals surface area contributed by atoms with Crippen molar-refractivity contribution in [1.29, 1.82) is 0 Å². The first-order valence-electron chi connectivity index (χ1n) is 6.27. The van der Waals surface area contributed by atoms with Crippen LogP contribution in [0, 0.1) is 34.6 Å². The van der Waals surface area contributed by atoms with E-state index in [1.165, 1.54) is 7.11 Å². The largest absolute Gasteiger partial charge is 0.468 e. The van der Waals surface area contributed by atoms with Gasteiger partial charge in [-0.3, -0.25) is 4.79 Å². The highest BCUT2D eigenvalue weighted by Crippen LogP contribution is 2.29. The zero-order valence-electron chi connectivity index (χ0n) is 12.7. The topological polar surface area (TPSA) is 72.5 Å². The second-order valence-electron chi connectivity index (χ2n) is 4.85. The molecule has 1 aromatic rings. The van der Waals surface area contributed by atoms with E-state index in [-0.39, 0.29) is 11.4 Å². The van der Waals surface area contributed by atoms with Crippen LogP contribution in [0.2, 0.25) is 0 Å². The number of benzene rings is 1. The van der Waals surface area contributed by atoms with Crippen LogP contribution in [-0.4, -0.2) is 28.0 Å². The Bertz CT molecular complexity index is 619. The van der Waals surface area contributed by atoms with Gasteiger partial charge in [0.15, 0.2) is 0 Å². The molecular weight excluding hydrogens is 278 g/mol. The van der Waals surface area contributed by atoms with Crippen molar-refractivity contribution in [3.05, 3.63) is 27.8 Å². The number of carbonyl (C=O) groups excluding carboxylic acids is 1. The van der Waals surface area contributed by atoms with Gasteiger partial charge in [0.2, 0.25) is 10.0 Å². The number of nitrogens with one attached hydrogen (secondary N) is 1. The van der Waals surface area contributed by atoms with Crippen LogP contribution in [0.4, 0.5) is 0 Å². The van der Waals surface area contributed by atoms with Crippen LogP contribution in [0.25, 0.3) is 0 Å². The summed E-state index contributed by atoms with van der Waals surface area (Å²) in [4.78, 5) is 11.4. The van der Waals surface area contributed by atoms with Gasteiger partial charge in [0, 0.05) is 0 Å². The van der Waals surface area contributed by atoms with Gasteiger partial charge in [0.25, 0.3) is 0 Å². The minimum Gasteiger partial charge on any atom is -0.468 e. The Morgan fingerprint density at radius 1 is 0.950 bits per heavy atom. The summed E-state index contributed by atoms with van der Waals surface area (Å²) in [7, 11) is -2.52. The van der Waals surface area contributed by atoms with E-state index in [1.807, 2.05) is 20.8 Å². The lowest BCUT2D eigenvalue weighted by atomic mass is 9.95. The molecule has 0 aliphatic carbocycles. The summed E-state index contributed by atoms with van der Waals surface area (Å²) in [6, 6.07) is 0. The van der Waals surface area contributed by atoms with Gasteiger partial charge in [0.05, 0.1) is 12.0 Å². The standard InChI is InChI=1S/C14H21NO4S/c1-8-9(2)11(4)14(12(5)10(8)3)20(17,18)15-7-13(16)19-6/h15H,7H2,1-6H3. The molecule has 0 spiro atoms. The minimum absolute atomic E-state index is 0.252. The predicted molar refractivity (Wildman–Crippen MR) is 77.3 cm³/mol. The van der Waals surface area contributed by atoms with Gasteiger partial charge in [-0.15, -0.1) is 0 Å². The Hall–Kier alpha value is -1.40. The lowest BCUT2D eigenvalue weighted by Crippen LogP contribution is -2.31. The second-order valence-corrected chi connectivity index (χ2v) is 6.56. The number of sulfonamides is 1. The van der Waals surface area contributed by atoms with Crippen LogP contribution >= 0.6 is 0 Å². The van der Waals surface area contributed by atoms with E-state index >= 15 is 0 Å². The number of ether oxygens (including phenoxy) is 1. The summed E-state index contributed by atoms with van der Waals surface area (Å²) in [5.41, 5.74) is 4.41. The third-order valence-corrected chi connectivity index (χ3v) is 5.51. The van der Waals surface area contributed by atoms with Gasteiger partial charge in [-0.25, -0.2) is 8.42 Å². The maximum Gasteiger partial charge on any atom is 0.320 e. The number of rotatable bonds is 4. The second kappa shape index (κ2) is 5.93. The Balaban J connectivity index is 3.36. The molecule has 5 nitrogen and oxygen atoms in total. The maximum atomic E-state index is 12.4. The van der Waals surface area contributed by atoms with Crippen LogP contribution in [0.1, 0.15) is 27.8 Å². The van der Waals surface area contributed by atoms with E-state index < -0.39 is 16.0 Å². The van der Waals surface area contributed by atoms with Gasteiger partial charge in [-0.05, 0) is 62.4 Å². The van der Waals surface area contributed by atoms with Crippen molar-refractivity contribution in [1.82, 2.24) is 4.72 Å². The van der Waals surface area contributed by atoms with Crippen molar-refractivity contribution >= 4 is 16.0 Å². The molecule has 0 atom stereocenters. The normalized spacial score (nSPS) is 11.5. The molecule has 0 radical (unpaired) electrons. The van der Waals surface area contributed by atoms with Crippen molar-refractivity contribution in [3.8, 4) is 0 Å². The van der Waals surface area contributed by atoms with Crippen LogP contribution in [0.3, 0.4) is 0 Å². The zero-order valence-corrected chi connectivity index (χ0v) is 13.6. The molecule has 0 aromatic heterocycles. The molecule has 1 aromatic carbocycles. The van der Waals surface area contributed by atoms with Gasteiger partial charge < -0.3 is 4.74 Å². The molecule has 1 rings (SSSR count). The van der Waals surface area contributed by atoms with Crippen molar-refractivity contribution < 1.29 is 17.9 Å². The SMILES string of the molecule is COC(=O)CNS(=O)(=O)c1c(C)c(C)c(C)c(C)c1C. The van der Waals surface area contributed by atoms with Gasteiger partial charge in [-0.1, -0.05) is 0 Å². The Labute approximate surface area is 120 Å². The van der Waals surface area contributed by atoms with Crippen LogP contribution < -0.4 is 4.72 Å². The van der Waals surface area contributed by atoms with Crippen molar-refractivity contribution in [3.63, 3.8) is 0 Å². The molecular formula is C14H21NO4S. The Morgan fingerprint density at radius 2 is 1.35 bits per heavy atom. The number of esters is 1. The van der Waals surface area contributed by atoms with E-state index in [2.05, 4.69) is 9.46 Å². The summed E-state index contributed by atoms with van der Waals surface area (Å²) < 4.78 is 31.5. The maximum absolute atomic E-state index is 12.4. The third kappa shape index (κ3) is 3.02. The van der Waals surface area contributed by atoms with Crippen molar-refractivity contribution in [2.45, 2.75) is 39.5 Å². The van der Waals surface area contributed by atoms with Gasteiger partial charge >= 0.3 is 5.97 Å². The molecule has 0 aliphatic rings. The molecule has 20 heavy (non-hydrogen) atoms. The third-order valence-electron chi connectivity index (χ3n) is 3.83. The monoisotopic (exact) mass is 299 g/mol. The quantitative estimate of drug-likeness (QED) is 0.859. The van der Waals surface area contributed by atoms with Crippen molar-refractivity contribution in [2.24, 2.45) is 0 Å². The average Bonchev–Trinajstić information content (AvgIpc) is 2.40. The first-order chi connectivity index (χ1) is 9.13. The highest BCUT2D eigenvalue weighted by atomic mass is 32.2. The average molecular weight is 299 g/mol. The number of hydrogen-bond acceptors (Lipinski definition) is 4. The molecule has 0 bridgehead atoms. The van der Waals surface area contributed by atoms with E-state index in [0.29, 0.717) is 11.1 Å². The fraction of sp³-hybridized carbons (Fsp3) is 0.500. The summed E-state index contributed by atoms with van der Waals surface area (Å²) >= 11 is 0. The summed E-state index contributed by atoms with van der Waals surface area (Å²) in [6.07, 6.45) is 0. The molecule has 1 N–H and O–H groups in total. The minimum atomic E-state index is -3.74. The highest BCUT2D eigenvalue weighted by Gasteiger charge is 2.24. The van der Waals surface area contributed by atoms with Crippen LogP contribution in [0.5, 0.6) is 0 Å². The van der Waals surface area contributed by atoms with Crippen molar-refractivity contribution in [2.75, 3.05) is 13.7 Å². The molecule has 0 fully saturated rings. The first-order valence-corrected chi connectivity index (χ1v) is 7.75. The fourth-order valence-electron chi connectivity index (χ4n) is 2.17. The Morgan fingerprint density at radius 3 is 1.75 bits per heavy atom. The molecule has 0 aliphatic heterocycles. The van der Waals surface area contributed by atoms with E-state index in [1.54, 1.807) is 13.8 Å². The molecule has 0 heterocycles. The number of methoxy groups -OCH3 is 1. The van der Waals surface area contributed by atoms with Gasteiger partial charge in [-0.2, -0.15) is 4.72 Å². The van der Waals surface area contributed by atoms with E-state index in [0.717, 1.165) is 16.7 Å².